The number of pyridine rings is 1. The van der Waals surface area contributed by atoms with Crippen LogP contribution >= 0.6 is 0 Å². The van der Waals surface area contributed by atoms with Crippen LogP contribution in [0.25, 0.3) is 0 Å². The molecule has 0 unspecified atom stereocenters. The highest BCUT2D eigenvalue weighted by molar-refractivity contribution is 7.89. The van der Waals surface area contributed by atoms with E-state index in [2.05, 4.69) is 9.88 Å². The number of aromatic nitrogens is 1. The van der Waals surface area contributed by atoms with Crippen molar-refractivity contribution in [2.24, 2.45) is 5.92 Å². The summed E-state index contributed by atoms with van der Waals surface area (Å²) in [5.74, 6) is 0.810. The maximum atomic E-state index is 13.4. The molecule has 1 saturated heterocycles. The molecular formula is C20H23N3O2S. The lowest BCUT2D eigenvalue weighted by Gasteiger charge is -2.34. The Morgan fingerprint density at radius 2 is 2.00 bits per heavy atom. The first-order valence-electron chi connectivity index (χ1n) is 9.33. The number of nitrogens with zero attached hydrogens (tertiary/aromatic N) is 3. The van der Waals surface area contributed by atoms with Crippen molar-refractivity contribution in [3.63, 3.8) is 0 Å². The van der Waals surface area contributed by atoms with Gasteiger partial charge in [0.1, 0.15) is 0 Å². The smallest absolute Gasteiger partial charge is 0.244 e. The van der Waals surface area contributed by atoms with E-state index in [1.807, 2.05) is 30.3 Å². The van der Waals surface area contributed by atoms with E-state index >= 15 is 0 Å². The number of sulfonamides is 1. The second-order valence-electron chi connectivity index (χ2n) is 7.83. The molecule has 1 atom stereocenters. The zero-order valence-corrected chi connectivity index (χ0v) is 15.5. The van der Waals surface area contributed by atoms with Crippen molar-refractivity contribution in [1.29, 1.82) is 0 Å². The molecule has 6 heteroatoms. The van der Waals surface area contributed by atoms with Crippen molar-refractivity contribution >= 4 is 10.0 Å². The fraction of sp³-hybridized carbons (Fsp3) is 0.450. The van der Waals surface area contributed by atoms with Crippen LogP contribution in [0, 0.1) is 5.92 Å². The standard InChI is InChI=1S/C20H23N3O2S/c24-26(25)19-6-2-1-5-18(19)20(9-11-22(15-20)13-16-7-8-16)23(26)14-17-4-3-10-21-12-17/h1-6,10,12,16H,7-9,11,13-15H2/t20-/m0/s1. The molecule has 0 radical (unpaired) electrons. The lowest BCUT2D eigenvalue weighted by molar-refractivity contribution is 0.184. The maximum Gasteiger partial charge on any atom is 0.244 e. The Hall–Kier alpha value is -1.76. The Bertz CT molecular complexity index is 927. The van der Waals surface area contributed by atoms with E-state index in [9.17, 15) is 8.42 Å². The Balaban J connectivity index is 1.57. The van der Waals surface area contributed by atoms with E-state index in [4.69, 9.17) is 0 Å². The molecule has 2 aliphatic heterocycles. The summed E-state index contributed by atoms with van der Waals surface area (Å²) in [4.78, 5) is 7.12. The fourth-order valence-corrected chi connectivity index (χ4v) is 6.62. The molecule has 0 amide bonds. The monoisotopic (exact) mass is 369 g/mol. The van der Waals surface area contributed by atoms with Gasteiger partial charge in [-0.15, -0.1) is 0 Å². The first-order chi connectivity index (χ1) is 12.6. The van der Waals surface area contributed by atoms with Gasteiger partial charge in [0, 0.05) is 38.6 Å². The van der Waals surface area contributed by atoms with Gasteiger partial charge in [-0.3, -0.25) is 4.98 Å². The minimum absolute atomic E-state index is 0.377. The number of rotatable bonds is 4. The Kier molecular flexibility index (Phi) is 3.71. The molecule has 1 aromatic heterocycles. The van der Waals surface area contributed by atoms with Crippen molar-refractivity contribution in [3.8, 4) is 0 Å². The predicted octanol–water partition coefficient (Wildman–Crippen LogP) is 2.60. The van der Waals surface area contributed by atoms with Crippen LogP contribution in [0.4, 0.5) is 0 Å². The minimum atomic E-state index is -3.49. The molecule has 3 aliphatic rings. The average Bonchev–Trinajstić information content (AvgIpc) is 3.34. The maximum absolute atomic E-state index is 13.4. The van der Waals surface area contributed by atoms with Crippen LogP contribution < -0.4 is 0 Å². The third kappa shape index (κ3) is 2.51. The molecule has 1 aromatic carbocycles. The first-order valence-corrected chi connectivity index (χ1v) is 10.8. The third-order valence-corrected chi connectivity index (χ3v) is 7.99. The highest BCUT2D eigenvalue weighted by atomic mass is 32.2. The molecule has 1 saturated carbocycles. The first kappa shape index (κ1) is 16.4. The van der Waals surface area contributed by atoms with E-state index in [0.717, 1.165) is 43.1 Å². The van der Waals surface area contributed by atoms with Gasteiger partial charge in [0.15, 0.2) is 0 Å². The predicted molar refractivity (Wildman–Crippen MR) is 98.9 cm³/mol. The highest BCUT2D eigenvalue weighted by Gasteiger charge is 2.56. The fourth-order valence-electron chi connectivity index (χ4n) is 4.57. The lowest BCUT2D eigenvalue weighted by Crippen LogP contribution is -2.45. The lowest BCUT2D eigenvalue weighted by atomic mass is 9.88. The summed E-state index contributed by atoms with van der Waals surface area (Å²) in [6.07, 6.45) is 6.98. The van der Waals surface area contributed by atoms with Crippen molar-refractivity contribution in [2.45, 2.75) is 36.2 Å². The second kappa shape index (κ2) is 5.87. The van der Waals surface area contributed by atoms with Gasteiger partial charge in [0.2, 0.25) is 10.0 Å². The average molecular weight is 369 g/mol. The molecule has 5 rings (SSSR count). The largest absolute Gasteiger partial charge is 0.301 e. The van der Waals surface area contributed by atoms with Crippen molar-refractivity contribution in [3.05, 3.63) is 59.9 Å². The van der Waals surface area contributed by atoms with Gasteiger partial charge in [-0.05, 0) is 48.4 Å². The minimum Gasteiger partial charge on any atom is -0.301 e. The van der Waals surface area contributed by atoms with Gasteiger partial charge in [-0.1, -0.05) is 24.3 Å². The zero-order chi connectivity index (χ0) is 17.8. The quantitative estimate of drug-likeness (QED) is 0.831. The van der Waals surface area contributed by atoms with Gasteiger partial charge in [0.25, 0.3) is 0 Å². The molecule has 0 bridgehead atoms. The number of hydrogen-bond acceptors (Lipinski definition) is 4. The van der Waals surface area contributed by atoms with Crippen LogP contribution in [0.3, 0.4) is 0 Å². The number of benzene rings is 1. The number of fused-ring (bicyclic) bond motifs is 2. The molecule has 1 aliphatic carbocycles. The van der Waals surface area contributed by atoms with Gasteiger partial charge in [-0.2, -0.15) is 4.31 Å². The molecule has 3 heterocycles. The van der Waals surface area contributed by atoms with Crippen LogP contribution in [0.5, 0.6) is 0 Å². The third-order valence-electron chi connectivity index (χ3n) is 6.02. The second-order valence-corrected chi connectivity index (χ2v) is 9.66. The van der Waals surface area contributed by atoms with E-state index in [-0.39, 0.29) is 0 Å². The van der Waals surface area contributed by atoms with Crippen molar-refractivity contribution in [2.75, 3.05) is 19.6 Å². The van der Waals surface area contributed by atoms with E-state index < -0.39 is 15.6 Å². The Morgan fingerprint density at radius 1 is 1.15 bits per heavy atom. The van der Waals surface area contributed by atoms with Crippen LogP contribution in [-0.4, -0.2) is 42.2 Å². The highest BCUT2D eigenvalue weighted by Crippen LogP contribution is 2.50. The number of likely N-dealkylation sites (tertiary alicyclic amines) is 1. The van der Waals surface area contributed by atoms with Gasteiger partial charge < -0.3 is 4.90 Å². The summed E-state index contributed by atoms with van der Waals surface area (Å²) in [5, 5.41) is 0. The van der Waals surface area contributed by atoms with Gasteiger partial charge >= 0.3 is 0 Å². The van der Waals surface area contributed by atoms with E-state index in [0.29, 0.717) is 11.4 Å². The zero-order valence-electron chi connectivity index (χ0n) is 14.7. The van der Waals surface area contributed by atoms with Crippen LogP contribution in [0.15, 0.2) is 53.7 Å². The van der Waals surface area contributed by atoms with Gasteiger partial charge in [0.05, 0.1) is 10.4 Å². The molecule has 5 nitrogen and oxygen atoms in total. The summed E-state index contributed by atoms with van der Waals surface area (Å²) in [6.45, 7) is 3.23. The van der Waals surface area contributed by atoms with Crippen molar-refractivity contribution in [1.82, 2.24) is 14.2 Å². The molecular weight excluding hydrogens is 346 g/mol. The topological polar surface area (TPSA) is 53.5 Å². The molecule has 136 valence electrons. The Labute approximate surface area is 154 Å². The van der Waals surface area contributed by atoms with Crippen molar-refractivity contribution < 1.29 is 8.42 Å². The SMILES string of the molecule is O=S1(=O)c2ccccc2[C@@]2(CCN(CC3CC3)C2)N1Cc1cccnc1. The Morgan fingerprint density at radius 3 is 2.77 bits per heavy atom. The molecule has 2 aromatic rings. The summed E-state index contributed by atoms with van der Waals surface area (Å²) in [6, 6.07) is 11.4. The summed E-state index contributed by atoms with van der Waals surface area (Å²) in [7, 11) is -3.49. The van der Waals surface area contributed by atoms with E-state index in [1.54, 1.807) is 22.8 Å². The summed E-state index contributed by atoms with van der Waals surface area (Å²) < 4.78 is 28.5. The van der Waals surface area contributed by atoms with Gasteiger partial charge in [-0.25, -0.2) is 8.42 Å². The normalized spacial score (nSPS) is 27.8. The number of hydrogen-bond donors (Lipinski definition) is 0. The van der Waals surface area contributed by atoms with Crippen LogP contribution in [0.2, 0.25) is 0 Å². The van der Waals surface area contributed by atoms with Crippen LogP contribution in [-0.2, 0) is 22.1 Å². The summed E-state index contributed by atoms with van der Waals surface area (Å²) in [5.41, 5.74) is 1.46. The molecule has 1 spiro atoms. The van der Waals surface area contributed by atoms with Crippen LogP contribution in [0.1, 0.15) is 30.4 Å². The molecule has 0 N–H and O–H groups in total. The molecule has 26 heavy (non-hydrogen) atoms. The van der Waals surface area contributed by atoms with E-state index in [1.165, 1.54) is 12.8 Å². The molecule has 2 fully saturated rings. The summed E-state index contributed by atoms with van der Waals surface area (Å²) >= 11 is 0.